The van der Waals surface area contributed by atoms with Gasteiger partial charge < -0.3 is 4.74 Å². The molecule has 4 aromatic rings. The van der Waals surface area contributed by atoms with E-state index in [2.05, 4.69) is 11.8 Å². The fourth-order valence-electron chi connectivity index (χ4n) is 3.46. The Hall–Kier alpha value is -3.64. The Labute approximate surface area is 181 Å². The van der Waals surface area contributed by atoms with Gasteiger partial charge in [-0.2, -0.15) is 0 Å². The van der Waals surface area contributed by atoms with Crippen molar-refractivity contribution < 1.29 is 13.5 Å². The summed E-state index contributed by atoms with van der Waals surface area (Å²) in [6.07, 6.45) is 1.58. The van der Waals surface area contributed by atoms with Crippen molar-refractivity contribution in [2.24, 2.45) is 0 Å². The zero-order chi connectivity index (χ0) is 21.6. The molecule has 4 aromatic carbocycles. The van der Waals surface area contributed by atoms with E-state index in [1.807, 2.05) is 55.5 Å². The molecule has 3 heteroatoms. The monoisotopic (exact) mass is 412 g/mol. The largest absolute Gasteiger partial charge is 0.494 e. The highest BCUT2D eigenvalue weighted by Crippen LogP contribution is 2.18. The molecular weight excluding hydrogens is 390 g/mol. The van der Waals surface area contributed by atoms with E-state index in [-0.39, 0.29) is 11.6 Å². The van der Waals surface area contributed by atoms with Gasteiger partial charge >= 0.3 is 0 Å². The van der Waals surface area contributed by atoms with E-state index >= 15 is 0 Å². The van der Waals surface area contributed by atoms with Crippen LogP contribution in [0.1, 0.15) is 29.2 Å². The number of benzene rings is 4. The Bertz CT molecular complexity index is 1260. The molecule has 0 atom stereocenters. The molecule has 0 spiro atoms. The van der Waals surface area contributed by atoms with Gasteiger partial charge in [0.25, 0.3) is 0 Å². The summed E-state index contributed by atoms with van der Waals surface area (Å²) in [6, 6.07) is 23.4. The summed E-state index contributed by atoms with van der Waals surface area (Å²) in [4.78, 5) is 0. The van der Waals surface area contributed by atoms with Crippen LogP contribution in [0.5, 0.6) is 5.75 Å². The van der Waals surface area contributed by atoms with Crippen LogP contribution in [0, 0.1) is 23.5 Å². The summed E-state index contributed by atoms with van der Waals surface area (Å²) >= 11 is 0. The SMILES string of the molecule is CCOc1ccc(CCc2ccc(C#Cc3ccc4cc(F)ccc4c3)c(F)c2)cc1. The van der Waals surface area contributed by atoms with Gasteiger partial charge in [0.15, 0.2) is 0 Å². The number of rotatable bonds is 5. The predicted octanol–water partition coefficient (Wildman–Crippen LogP) is 6.70. The summed E-state index contributed by atoms with van der Waals surface area (Å²) in [6.45, 7) is 2.61. The Balaban J connectivity index is 1.44. The molecule has 0 saturated carbocycles. The fraction of sp³-hybridized carbons (Fsp3) is 0.143. The number of fused-ring (bicyclic) bond motifs is 1. The van der Waals surface area contributed by atoms with Gasteiger partial charge in [0.2, 0.25) is 0 Å². The van der Waals surface area contributed by atoms with Crippen LogP contribution in [-0.4, -0.2) is 6.61 Å². The van der Waals surface area contributed by atoms with E-state index in [4.69, 9.17) is 4.74 Å². The van der Waals surface area contributed by atoms with Crippen LogP contribution >= 0.6 is 0 Å². The lowest BCUT2D eigenvalue weighted by atomic mass is 10.0. The third kappa shape index (κ3) is 5.29. The number of aryl methyl sites for hydroxylation is 2. The van der Waals surface area contributed by atoms with E-state index in [9.17, 15) is 8.78 Å². The van der Waals surface area contributed by atoms with Crippen LogP contribution in [0.3, 0.4) is 0 Å². The van der Waals surface area contributed by atoms with Crippen LogP contribution in [0.25, 0.3) is 10.8 Å². The second-order valence-electron chi connectivity index (χ2n) is 7.35. The summed E-state index contributed by atoms with van der Waals surface area (Å²) in [7, 11) is 0. The third-order valence-electron chi connectivity index (χ3n) is 5.11. The van der Waals surface area contributed by atoms with Crippen molar-refractivity contribution in [3.05, 3.63) is 113 Å². The van der Waals surface area contributed by atoms with Crippen LogP contribution in [-0.2, 0) is 12.8 Å². The van der Waals surface area contributed by atoms with Crippen molar-refractivity contribution in [2.45, 2.75) is 19.8 Å². The molecule has 0 fully saturated rings. The van der Waals surface area contributed by atoms with E-state index in [0.29, 0.717) is 12.2 Å². The minimum absolute atomic E-state index is 0.268. The maximum Gasteiger partial charge on any atom is 0.139 e. The molecule has 0 aliphatic heterocycles. The molecule has 31 heavy (non-hydrogen) atoms. The van der Waals surface area contributed by atoms with Crippen molar-refractivity contribution in [2.75, 3.05) is 6.61 Å². The topological polar surface area (TPSA) is 9.23 Å². The maximum absolute atomic E-state index is 14.6. The first kappa shape index (κ1) is 20.6. The molecule has 0 bridgehead atoms. The van der Waals surface area contributed by atoms with Gasteiger partial charge in [0.05, 0.1) is 12.2 Å². The average Bonchev–Trinajstić information content (AvgIpc) is 2.78. The summed E-state index contributed by atoms with van der Waals surface area (Å²) in [5, 5.41) is 1.71. The smallest absolute Gasteiger partial charge is 0.139 e. The van der Waals surface area contributed by atoms with Crippen molar-refractivity contribution in [1.29, 1.82) is 0 Å². The Morgan fingerprint density at radius 3 is 2.19 bits per heavy atom. The standard InChI is InChI=1S/C28H22F2O/c1-2-31-27-15-8-20(9-16-27)3-4-22-6-11-23(28(30)18-22)10-5-21-7-12-25-19-26(29)14-13-24(25)17-21/h6-9,11-19H,2-4H2,1H3. The van der Waals surface area contributed by atoms with E-state index in [1.54, 1.807) is 18.2 Å². The van der Waals surface area contributed by atoms with Crippen LogP contribution in [0.4, 0.5) is 8.78 Å². The quantitative estimate of drug-likeness (QED) is 0.331. The van der Waals surface area contributed by atoms with Crippen LogP contribution in [0.15, 0.2) is 78.9 Å². The molecule has 0 aliphatic rings. The summed E-state index contributed by atoms with van der Waals surface area (Å²) in [5.74, 6) is 6.19. The van der Waals surface area contributed by atoms with Gasteiger partial charge in [0.1, 0.15) is 17.4 Å². The average molecular weight is 412 g/mol. The minimum atomic E-state index is -0.320. The fourth-order valence-corrected chi connectivity index (χ4v) is 3.46. The highest BCUT2D eigenvalue weighted by Gasteiger charge is 2.03. The lowest BCUT2D eigenvalue weighted by molar-refractivity contribution is 0.340. The first-order valence-electron chi connectivity index (χ1n) is 10.3. The zero-order valence-electron chi connectivity index (χ0n) is 17.3. The van der Waals surface area contributed by atoms with Gasteiger partial charge in [-0.15, -0.1) is 0 Å². The van der Waals surface area contributed by atoms with E-state index in [1.165, 1.54) is 17.7 Å². The van der Waals surface area contributed by atoms with E-state index < -0.39 is 0 Å². The molecule has 0 unspecified atom stereocenters. The lowest BCUT2D eigenvalue weighted by Crippen LogP contribution is -1.95. The molecule has 0 aliphatic carbocycles. The highest BCUT2D eigenvalue weighted by atomic mass is 19.1. The summed E-state index contributed by atoms with van der Waals surface area (Å²) < 4.78 is 33.3. The molecule has 154 valence electrons. The molecule has 4 rings (SSSR count). The van der Waals surface area contributed by atoms with Crippen molar-refractivity contribution in [1.82, 2.24) is 0 Å². The molecule has 0 saturated heterocycles. The molecular formula is C28H22F2O. The Morgan fingerprint density at radius 2 is 1.42 bits per heavy atom. The van der Waals surface area contributed by atoms with Crippen LogP contribution in [0.2, 0.25) is 0 Å². The number of hydrogen-bond donors (Lipinski definition) is 0. The van der Waals surface area contributed by atoms with Crippen molar-refractivity contribution >= 4 is 10.8 Å². The van der Waals surface area contributed by atoms with Gasteiger partial charge in [-0.05, 0) is 90.2 Å². The summed E-state index contributed by atoms with van der Waals surface area (Å²) in [5.41, 5.74) is 3.25. The van der Waals surface area contributed by atoms with Gasteiger partial charge in [0, 0.05) is 5.56 Å². The van der Waals surface area contributed by atoms with Gasteiger partial charge in [-0.3, -0.25) is 0 Å². The van der Waals surface area contributed by atoms with Gasteiger partial charge in [-0.25, -0.2) is 8.78 Å². The Morgan fingerprint density at radius 1 is 0.710 bits per heavy atom. The molecule has 0 radical (unpaired) electrons. The first-order chi connectivity index (χ1) is 15.1. The molecule has 0 heterocycles. The zero-order valence-corrected chi connectivity index (χ0v) is 17.3. The van der Waals surface area contributed by atoms with Gasteiger partial charge in [-0.1, -0.05) is 42.2 Å². The maximum atomic E-state index is 14.6. The van der Waals surface area contributed by atoms with E-state index in [0.717, 1.165) is 40.5 Å². The third-order valence-corrected chi connectivity index (χ3v) is 5.11. The van der Waals surface area contributed by atoms with Crippen molar-refractivity contribution in [3.63, 3.8) is 0 Å². The predicted molar refractivity (Wildman–Crippen MR) is 121 cm³/mol. The molecule has 0 N–H and O–H groups in total. The molecule has 0 amide bonds. The number of hydrogen-bond acceptors (Lipinski definition) is 1. The molecule has 0 aromatic heterocycles. The second kappa shape index (κ2) is 9.45. The highest BCUT2D eigenvalue weighted by molar-refractivity contribution is 5.84. The number of halogens is 2. The lowest BCUT2D eigenvalue weighted by Gasteiger charge is -2.06. The normalized spacial score (nSPS) is 10.5. The minimum Gasteiger partial charge on any atom is -0.494 e. The Kier molecular flexibility index (Phi) is 6.29. The van der Waals surface area contributed by atoms with Crippen LogP contribution < -0.4 is 4.74 Å². The second-order valence-corrected chi connectivity index (χ2v) is 7.35. The number of ether oxygens (including phenoxy) is 1. The van der Waals surface area contributed by atoms with Crippen molar-refractivity contribution in [3.8, 4) is 17.6 Å². The first-order valence-corrected chi connectivity index (χ1v) is 10.3. The molecule has 1 nitrogen and oxygen atoms in total.